The van der Waals surface area contributed by atoms with Gasteiger partial charge in [0.25, 0.3) is 5.91 Å². The Kier molecular flexibility index (Phi) is 7.14. The number of carbonyl (C=O) groups is 1. The minimum Gasteiger partial charge on any atom is -0.491 e. The monoisotopic (exact) mass is 409 g/mol. The molecular weight excluding hydrogens is 386 g/mol. The number of amides is 1. The van der Waals surface area contributed by atoms with Gasteiger partial charge in [-0.05, 0) is 49.7 Å². The molecule has 150 valence electrons. The highest BCUT2D eigenvalue weighted by Crippen LogP contribution is 2.24. The van der Waals surface area contributed by atoms with Gasteiger partial charge in [-0.25, -0.2) is 0 Å². The first-order chi connectivity index (χ1) is 14.0. The third kappa shape index (κ3) is 6.26. The number of hydrogen-bond acceptors (Lipinski definition) is 3. The first-order valence-corrected chi connectivity index (χ1v) is 9.85. The molecule has 0 aliphatic carbocycles. The normalized spacial score (nSPS) is 11.6. The third-order valence-electron chi connectivity index (χ3n) is 4.32. The van der Waals surface area contributed by atoms with E-state index in [1.807, 2.05) is 68.4 Å². The Balaban J connectivity index is 1.61. The molecule has 5 heteroatoms. The lowest BCUT2D eigenvalue weighted by molar-refractivity contribution is 0.0922. The lowest BCUT2D eigenvalue weighted by Gasteiger charge is -2.17. The minimum absolute atomic E-state index is 0.190. The number of ether oxygens (including phenoxy) is 2. The third-order valence-corrected chi connectivity index (χ3v) is 4.56. The molecule has 0 unspecified atom stereocenters. The van der Waals surface area contributed by atoms with Gasteiger partial charge in [-0.2, -0.15) is 0 Å². The van der Waals surface area contributed by atoms with Crippen molar-refractivity contribution in [1.82, 2.24) is 5.32 Å². The van der Waals surface area contributed by atoms with E-state index < -0.39 is 0 Å². The predicted octanol–water partition coefficient (Wildman–Crippen LogP) is 5.42. The summed E-state index contributed by atoms with van der Waals surface area (Å²) in [5, 5.41) is 3.42. The number of halogens is 1. The maximum absolute atomic E-state index is 12.8. The smallest absolute Gasteiger partial charge is 0.255 e. The average molecular weight is 410 g/mol. The maximum atomic E-state index is 12.8. The van der Waals surface area contributed by atoms with Crippen molar-refractivity contribution >= 4 is 17.5 Å². The second-order valence-corrected chi connectivity index (χ2v) is 7.35. The van der Waals surface area contributed by atoms with Gasteiger partial charge in [0.05, 0.1) is 11.6 Å². The molecule has 1 amide bonds. The van der Waals surface area contributed by atoms with Crippen molar-refractivity contribution in [3.05, 3.63) is 94.5 Å². The predicted molar refractivity (Wildman–Crippen MR) is 116 cm³/mol. The first-order valence-electron chi connectivity index (χ1n) is 9.48. The highest BCUT2D eigenvalue weighted by molar-refractivity contribution is 6.31. The number of aryl methyl sites for hydroxylation is 1. The molecule has 0 aliphatic rings. The molecule has 29 heavy (non-hydrogen) atoms. The Hall–Kier alpha value is -2.98. The van der Waals surface area contributed by atoms with Crippen molar-refractivity contribution in [1.29, 1.82) is 0 Å². The van der Waals surface area contributed by atoms with Crippen LogP contribution in [0.25, 0.3) is 0 Å². The molecule has 1 atom stereocenters. The lowest BCUT2D eigenvalue weighted by Crippen LogP contribution is -2.37. The molecule has 0 fully saturated rings. The molecule has 0 saturated carbocycles. The largest absolute Gasteiger partial charge is 0.491 e. The van der Waals surface area contributed by atoms with Gasteiger partial charge in [0, 0.05) is 5.02 Å². The van der Waals surface area contributed by atoms with E-state index in [0.717, 1.165) is 11.3 Å². The van der Waals surface area contributed by atoms with Crippen LogP contribution in [0.1, 0.15) is 28.4 Å². The van der Waals surface area contributed by atoms with Crippen LogP contribution in [0.2, 0.25) is 5.02 Å². The molecule has 3 rings (SSSR count). The van der Waals surface area contributed by atoms with Crippen LogP contribution >= 0.6 is 11.6 Å². The van der Waals surface area contributed by atoms with Crippen molar-refractivity contribution in [2.24, 2.45) is 0 Å². The molecule has 0 heterocycles. The van der Waals surface area contributed by atoms with Gasteiger partial charge in [-0.3, -0.25) is 4.79 Å². The fraction of sp³-hybridized carbons (Fsp3) is 0.208. The zero-order valence-electron chi connectivity index (χ0n) is 16.5. The van der Waals surface area contributed by atoms with Crippen molar-refractivity contribution in [2.45, 2.75) is 26.5 Å². The van der Waals surface area contributed by atoms with Crippen LogP contribution in [0, 0.1) is 6.92 Å². The van der Waals surface area contributed by atoms with Crippen molar-refractivity contribution < 1.29 is 14.3 Å². The fourth-order valence-corrected chi connectivity index (χ4v) is 2.91. The topological polar surface area (TPSA) is 47.6 Å². The SMILES string of the molecule is Cc1ccc(OC[C@@H](C)NC(=O)c2cc(Cl)ccc2OCc2ccccc2)cc1. The molecule has 3 aromatic rings. The standard InChI is InChI=1S/C24H24ClNO3/c1-17-8-11-21(12-9-17)28-15-18(2)26-24(27)22-14-20(25)10-13-23(22)29-16-19-6-4-3-5-7-19/h3-14,18H,15-16H2,1-2H3,(H,26,27)/t18-/m1/s1. The average Bonchev–Trinajstić information content (AvgIpc) is 2.73. The number of nitrogens with one attached hydrogen (secondary N) is 1. The summed E-state index contributed by atoms with van der Waals surface area (Å²) < 4.78 is 11.6. The number of hydrogen-bond donors (Lipinski definition) is 1. The Morgan fingerprint density at radius 1 is 1.00 bits per heavy atom. The second-order valence-electron chi connectivity index (χ2n) is 6.91. The molecule has 0 radical (unpaired) electrons. The van der Waals surface area contributed by atoms with Gasteiger partial charge in [-0.15, -0.1) is 0 Å². The Labute approximate surface area is 176 Å². The van der Waals surface area contributed by atoms with Crippen LogP contribution in [0.5, 0.6) is 11.5 Å². The van der Waals surface area contributed by atoms with Crippen LogP contribution in [0.4, 0.5) is 0 Å². The second kappa shape index (κ2) is 9.99. The number of benzene rings is 3. The number of carbonyl (C=O) groups excluding carboxylic acids is 1. The molecule has 3 aromatic carbocycles. The van der Waals surface area contributed by atoms with E-state index in [1.54, 1.807) is 18.2 Å². The molecule has 0 spiro atoms. The fourth-order valence-electron chi connectivity index (χ4n) is 2.74. The Morgan fingerprint density at radius 2 is 1.72 bits per heavy atom. The van der Waals surface area contributed by atoms with Crippen LogP contribution in [0.15, 0.2) is 72.8 Å². The molecule has 1 N–H and O–H groups in total. The highest BCUT2D eigenvalue weighted by atomic mass is 35.5. The van der Waals surface area contributed by atoms with E-state index in [2.05, 4.69) is 5.32 Å². The van der Waals surface area contributed by atoms with Crippen molar-refractivity contribution in [3.63, 3.8) is 0 Å². The summed E-state index contributed by atoms with van der Waals surface area (Å²) in [6, 6.07) is 22.4. The maximum Gasteiger partial charge on any atom is 0.255 e. The Bertz CT molecular complexity index is 942. The zero-order valence-corrected chi connectivity index (χ0v) is 17.3. The van der Waals surface area contributed by atoms with Crippen molar-refractivity contribution in [3.8, 4) is 11.5 Å². The molecule has 0 saturated heterocycles. The van der Waals surface area contributed by atoms with Crippen LogP contribution in [-0.4, -0.2) is 18.6 Å². The molecule has 0 aliphatic heterocycles. The first kappa shape index (κ1) is 20.7. The highest BCUT2D eigenvalue weighted by Gasteiger charge is 2.16. The summed E-state index contributed by atoms with van der Waals surface area (Å²) in [6.07, 6.45) is 0. The zero-order chi connectivity index (χ0) is 20.6. The molecule has 0 aromatic heterocycles. The van der Waals surface area contributed by atoms with Gasteiger partial charge in [0.1, 0.15) is 24.7 Å². The van der Waals surface area contributed by atoms with E-state index in [-0.39, 0.29) is 11.9 Å². The van der Waals surface area contributed by atoms with E-state index in [1.165, 1.54) is 5.56 Å². The lowest BCUT2D eigenvalue weighted by atomic mass is 10.1. The summed E-state index contributed by atoms with van der Waals surface area (Å²) in [4.78, 5) is 12.8. The van der Waals surface area contributed by atoms with Gasteiger partial charge in [0.15, 0.2) is 0 Å². The van der Waals surface area contributed by atoms with Crippen LogP contribution in [0.3, 0.4) is 0 Å². The van der Waals surface area contributed by atoms with E-state index in [0.29, 0.717) is 29.5 Å². The molecular formula is C24H24ClNO3. The summed E-state index contributed by atoms with van der Waals surface area (Å²) in [5.74, 6) is 1.00. The van der Waals surface area contributed by atoms with Crippen LogP contribution < -0.4 is 14.8 Å². The van der Waals surface area contributed by atoms with Gasteiger partial charge < -0.3 is 14.8 Å². The van der Waals surface area contributed by atoms with Crippen molar-refractivity contribution in [2.75, 3.05) is 6.61 Å². The summed E-state index contributed by atoms with van der Waals surface area (Å²) in [5.41, 5.74) is 2.59. The van der Waals surface area contributed by atoms with Gasteiger partial charge >= 0.3 is 0 Å². The van der Waals surface area contributed by atoms with Crippen LogP contribution in [-0.2, 0) is 6.61 Å². The van der Waals surface area contributed by atoms with Gasteiger partial charge in [-0.1, -0.05) is 59.6 Å². The summed E-state index contributed by atoms with van der Waals surface area (Å²) in [6.45, 7) is 4.64. The molecule has 0 bridgehead atoms. The number of rotatable bonds is 8. The van der Waals surface area contributed by atoms with Gasteiger partial charge in [0.2, 0.25) is 0 Å². The Morgan fingerprint density at radius 3 is 2.45 bits per heavy atom. The van der Waals surface area contributed by atoms with E-state index in [9.17, 15) is 4.79 Å². The van der Waals surface area contributed by atoms with E-state index in [4.69, 9.17) is 21.1 Å². The molecule has 4 nitrogen and oxygen atoms in total. The van der Waals surface area contributed by atoms with E-state index >= 15 is 0 Å². The minimum atomic E-state index is -0.254. The summed E-state index contributed by atoms with van der Waals surface area (Å²) >= 11 is 6.11. The quantitative estimate of drug-likeness (QED) is 0.540. The summed E-state index contributed by atoms with van der Waals surface area (Å²) in [7, 11) is 0.